The zero-order chi connectivity index (χ0) is 21.7. The number of hydrogen-bond acceptors (Lipinski definition) is 7. The molecule has 0 spiro atoms. The van der Waals surface area contributed by atoms with E-state index in [1.54, 1.807) is 11.8 Å². The van der Waals surface area contributed by atoms with Gasteiger partial charge in [-0.1, -0.05) is 23.3 Å². The first kappa shape index (κ1) is 21.5. The molecule has 1 aliphatic heterocycles. The lowest BCUT2D eigenvalue weighted by Crippen LogP contribution is -2.27. The number of carbonyl (C=O) groups is 1. The second kappa shape index (κ2) is 9.63. The van der Waals surface area contributed by atoms with Gasteiger partial charge in [-0.2, -0.15) is 4.31 Å². The highest BCUT2D eigenvalue weighted by atomic mass is 32.2. The summed E-state index contributed by atoms with van der Waals surface area (Å²) in [4.78, 5) is 13.8. The van der Waals surface area contributed by atoms with E-state index >= 15 is 0 Å². The summed E-state index contributed by atoms with van der Waals surface area (Å²) >= 11 is 1.68. The Hall–Kier alpha value is -2.69. The summed E-state index contributed by atoms with van der Waals surface area (Å²) in [6, 6.07) is 15.9. The van der Waals surface area contributed by atoms with E-state index in [4.69, 9.17) is 4.42 Å². The van der Waals surface area contributed by atoms with Gasteiger partial charge in [0, 0.05) is 35.7 Å². The molecule has 0 radical (unpaired) electrons. The van der Waals surface area contributed by atoms with Crippen LogP contribution in [0.15, 0.2) is 68.8 Å². The quantitative estimate of drug-likeness (QED) is 0.516. The van der Waals surface area contributed by atoms with Gasteiger partial charge < -0.3 is 4.42 Å². The van der Waals surface area contributed by atoms with Crippen molar-refractivity contribution in [2.75, 3.05) is 24.2 Å². The van der Waals surface area contributed by atoms with Crippen LogP contribution in [0, 0.1) is 0 Å². The number of sulfonamides is 1. The number of amides is 1. The summed E-state index contributed by atoms with van der Waals surface area (Å²) in [6.07, 6.45) is 2.32. The maximum Gasteiger partial charge on any atom is 0.322 e. The summed E-state index contributed by atoms with van der Waals surface area (Å²) < 4.78 is 32.1. The van der Waals surface area contributed by atoms with Crippen LogP contribution >= 0.6 is 11.8 Å². The first-order chi connectivity index (χ1) is 15.0. The SMILES string of the molecule is O=C(Nc1nnc(CCSc2ccccc2)o1)c1ccc(S(=O)(=O)N2CCCC2)cc1. The Morgan fingerprint density at radius 2 is 1.74 bits per heavy atom. The van der Waals surface area contributed by atoms with Crippen molar-refractivity contribution in [1.82, 2.24) is 14.5 Å². The van der Waals surface area contributed by atoms with Crippen LogP contribution in [0.2, 0.25) is 0 Å². The van der Waals surface area contributed by atoms with E-state index in [1.165, 1.54) is 28.6 Å². The first-order valence-corrected chi connectivity index (χ1v) is 12.4. The number of rotatable bonds is 8. The summed E-state index contributed by atoms with van der Waals surface area (Å²) in [7, 11) is -3.51. The Morgan fingerprint density at radius 1 is 1.03 bits per heavy atom. The van der Waals surface area contributed by atoms with Crippen LogP contribution in [0.1, 0.15) is 29.1 Å². The van der Waals surface area contributed by atoms with Gasteiger partial charge in [-0.25, -0.2) is 8.42 Å². The van der Waals surface area contributed by atoms with Crippen molar-refractivity contribution in [3.63, 3.8) is 0 Å². The number of carbonyl (C=O) groups excluding carboxylic acids is 1. The molecule has 0 aliphatic carbocycles. The molecule has 2 heterocycles. The largest absolute Gasteiger partial charge is 0.408 e. The summed E-state index contributed by atoms with van der Waals surface area (Å²) in [5.74, 6) is 0.761. The van der Waals surface area contributed by atoms with Crippen LogP contribution in [0.25, 0.3) is 0 Å². The van der Waals surface area contributed by atoms with Crippen molar-refractivity contribution in [3.8, 4) is 0 Å². The molecular formula is C21H22N4O4S2. The van der Waals surface area contributed by atoms with Crippen molar-refractivity contribution in [2.24, 2.45) is 0 Å². The number of anilines is 1. The van der Waals surface area contributed by atoms with Crippen LogP contribution < -0.4 is 5.32 Å². The molecule has 2 aromatic carbocycles. The van der Waals surface area contributed by atoms with E-state index in [9.17, 15) is 13.2 Å². The second-order valence-electron chi connectivity index (χ2n) is 7.00. The standard InChI is InChI=1S/C21H22N4O4S2/c26-20(16-8-10-18(11-9-16)31(27,28)25-13-4-5-14-25)22-21-24-23-19(29-21)12-15-30-17-6-2-1-3-7-17/h1-3,6-11H,4-5,12-15H2,(H,22,24,26). The van der Waals surface area contributed by atoms with Gasteiger partial charge in [-0.3, -0.25) is 10.1 Å². The molecule has 31 heavy (non-hydrogen) atoms. The van der Waals surface area contributed by atoms with Crippen LogP contribution in [-0.2, 0) is 16.4 Å². The molecule has 4 rings (SSSR count). The van der Waals surface area contributed by atoms with Gasteiger partial charge in [-0.15, -0.1) is 16.9 Å². The molecule has 1 fully saturated rings. The van der Waals surface area contributed by atoms with Gasteiger partial charge >= 0.3 is 6.01 Å². The van der Waals surface area contributed by atoms with Crippen LogP contribution in [-0.4, -0.2) is 47.7 Å². The molecule has 1 aliphatic rings. The first-order valence-electron chi connectivity index (χ1n) is 9.94. The van der Waals surface area contributed by atoms with Crippen molar-refractivity contribution >= 4 is 33.7 Å². The van der Waals surface area contributed by atoms with Crippen LogP contribution in [0.4, 0.5) is 6.01 Å². The van der Waals surface area contributed by atoms with E-state index in [0.717, 1.165) is 23.5 Å². The van der Waals surface area contributed by atoms with Crippen molar-refractivity contribution in [2.45, 2.75) is 29.1 Å². The van der Waals surface area contributed by atoms with Crippen molar-refractivity contribution in [3.05, 3.63) is 66.1 Å². The van der Waals surface area contributed by atoms with E-state index in [-0.39, 0.29) is 10.9 Å². The number of nitrogens with one attached hydrogen (secondary N) is 1. The fourth-order valence-electron chi connectivity index (χ4n) is 3.20. The lowest BCUT2D eigenvalue weighted by Gasteiger charge is -2.15. The van der Waals surface area contributed by atoms with E-state index in [1.807, 2.05) is 30.3 Å². The minimum atomic E-state index is -3.51. The highest BCUT2D eigenvalue weighted by Crippen LogP contribution is 2.22. The fraction of sp³-hybridized carbons (Fsp3) is 0.286. The molecule has 10 heteroatoms. The van der Waals surface area contributed by atoms with Gasteiger partial charge in [-0.05, 0) is 49.2 Å². The van der Waals surface area contributed by atoms with E-state index in [0.29, 0.717) is 31.0 Å². The highest BCUT2D eigenvalue weighted by molar-refractivity contribution is 7.99. The Kier molecular flexibility index (Phi) is 6.69. The molecular weight excluding hydrogens is 436 g/mol. The topological polar surface area (TPSA) is 105 Å². The van der Waals surface area contributed by atoms with Crippen molar-refractivity contribution in [1.29, 1.82) is 0 Å². The second-order valence-corrected chi connectivity index (χ2v) is 10.1. The molecule has 1 N–H and O–H groups in total. The van der Waals surface area contributed by atoms with Crippen molar-refractivity contribution < 1.29 is 17.6 Å². The Bertz CT molecular complexity index is 1130. The number of hydrogen-bond donors (Lipinski definition) is 1. The molecule has 1 aromatic heterocycles. The Morgan fingerprint density at radius 3 is 2.45 bits per heavy atom. The maximum absolute atomic E-state index is 12.6. The molecule has 0 atom stereocenters. The van der Waals surface area contributed by atoms with E-state index < -0.39 is 15.9 Å². The van der Waals surface area contributed by atoms with Crippen LogP contribution in [0.3, 0.4) is 0 Å². The Balaban J connectivity index is 1.32. The minimum Gasteiger partial charge on any atom is -0.408 e. The fourth-order valence-corrected chi connectivity index (χ4v) is 5.58. The third-order valence-electron chi connectivity index (χ3n) is 4.83. The smallest absolute Gasteiger partial charge is 0.322 e. The molecule has 1 amide bonds. The molecule has 0 saturated carbocycles. The monoisotopic (exact) mass is 458 g/mol. The normalized spacial score (nSPS) is 14.6. The number of aromatic nitrogens is 2. The predicted octanol–water partition coefficient (Wildman–Crippen LogP) is 3.44. The lowest BCUT2D eigenvalue weighted by atomic mass is 10.2. The highest BCUT2D eigenvalue weighted by Gasteiger charge is 2.27. The van der Waals surface area contributed by atoms with Crippen LogP contribution in [0.5, 0.6) is 0 Å². The van der Waals surface area contributed by atoms with Gasteiger partial charge in [0.15, 0.2) is 0 Å². The minimum absolute atomic E-state index is 0.0125. The van der Waals surface area contributed by atoms with Gasteiger partial charge in [0.2, 0.25) is 15.9 Å². The average molecular weight is 459 g/mol. The third kappa shape index (κ3) is 5.33. The van der Waals surface area contributed by atoms with Gasteiger partial charge in [0.25, 0.3) is 5.91 Å². The number of aryl methyl sites for hydroxylation is 1. The summed E-state index contributed by atoms with van der Waals surface area (Å²) in [5.41, 5.74) is 0.305. The molecule has 162 valence electrons. The lowest BCUT2D eigenvalue weighted by molar-refractivity contribution is 0.102. The van der Waals surface area contributed by atoms with Gasteiger partial charge in [0.05, 0.1) is 4.90 Å². The summed E-state index contributed by atoms with van der Waals surface area (Å²) in [5, 5.41) is 10.4. The zero-order valence-electron chi connectivity index (χ0n) is 16.7. The molecule has 0 bridgehead atoms. The zero-order valence-corrected chi connectivity index (χ0v) is 18.4. The molecule has 3 aromatic rings. The number of benzene rings is 2. The maximum atomic E-state index is 12.6. The Labute approximate surface area is 185 Å². The number of nitrogens with zero attached hydrogens (tertiary/aromatic N) is 3. The average Bonchev–Trinajstić information content (AvgIpc) is 3.47. The molecule has 8 nitrogen and oxygen atoms in total. The third-order valence-corrected chi connectivity index (χ3v) is 7.76. The van der Waals surface area contributed by atoms with E-state index in [2.05, 4.69) is 15.5 Å². The van der Waals surface area contributed by atoms with Gasteiger partial charge in [0.1, 0.15) is 0 Å². The molecule has 1 saturated heterocycles. The molecule has 0 unspecified atom stereocenters. The predicted molar refractivity (Wildman–Crippen MR) is 118 cm³/mol. The number of thioether (sulfide) groups is 1. The summed E-state index contributed by atoms with van der Waals surface area (Å²) in [6.45, 7) is 1.07.